The molecule has 2 N–H and O–H groups in total. The molecule has 0 spiro atoms. The number of benzene rings is 2. The van der Waals surface area contributed by atoms with Gasteiger partial charge < -0.3 is 15.4 Å². The van der Waals surface area contributed by atoms with Gasteiger partial charge in [-0.15, -0.1) is 0 Å². The third kappa shape index (κ3) is 6.24. The van der Waals surface area contributed by atoms with E-state index in [0.717, 1.165) is 22.4 Å². The van der Waals surface area contributed by atoms with E-state index in [0.29, 0.717) is 13.2 Å². The van der Waals surface area contributed by atoms with E-state index in [1.165, 1.54) is 6.92 Å². The maximum Gasteiger partial charge on any atom is 0.222 e. The Morgan fingerprint density at radius 1 is 1.12 bits per heavy atom. The van der Waals surface area contributed by atoms with Crippen molar-refractivity contribution in [2.24, 2.45) is 0 Å². The van der Waals surface area contributed by atoms with Crippen LogP contribution in [-0.4, -0.2) is 18.4 Å². The molecule has 0 bridgehead atoms. The van der Waals surface area contributed by atoms with Crippen LogP contribution in [0.3, 0.4) is 0 Å². The molecule has 138 valence electrons. The monoisotopic (exact) mass is 354 g/mol. The van der Waals surface area contributed by atoms with E-state index in [-0.39, 0.29) is 24.3 Å². The molecule has 26 heavy (non-hydrogen) atoms. The molecule has 0 heterocycles. The smallest absolute Gasteiger partial charge is 0.222 e. The Balaban J connectivity index is 1.97. The van der Waals surface area contributed by atoms with Crippen molar-refractivity contribution >= 4 is 11.8 Å². The van der Waals surface area contributed by atoms with Crippen LogP contribution in [0.25, 0.3) is 0 Å². The SMILES string of the molecule is CCOc1cccc(CNC(=O)CC(NC(C)=O)c2ccc(C)cc2)c1. The lowest BCUT2D eigenvalue weighted by molar-refractivity contribution is -0.122. The topological polar surface area (TPSA) is 67.4 Å². The molecule has 5 nitrogen and oxygen atoms in total. The zero-order valence-electron chi connectivity index (χ0n) is 15.5. The number of hydrogen-bond acceptors (Lipinski definition) is 3. The molecule has 2 rings (SSSR count). The van der Waals surface area contributed by atoms with Crippen LogP contribution in [0.5, 0.6) is 5.75 Å². The zero-order valence-corrected chi connectivity index (χ0v) is 15.5. The number of aryl methyl sites for hydroxylation is 1. The predicted molar refractivity (Wildman–Crippen MR) is 102 cm³/mol. The fraction of sp³-hybridized carbons (Fsp3) is 0.333. The molecule has 0 aliphatic rings. The summed E-state index contributed by atoms with van der Waals surface area (Å²) in [7, 11) is 0. The van der Waals surface area contributed by atoms with Crippen molar-refractivity contribution in [2.45, 2.75) is 39.8 Å². The van der Waals surface area contributed by atoms with Crippen molar-refractivity contribution in [2.75, 3.05) is 6.61 Å². The summed E-state index contributed by atoms with van der Waals surface area (Å²) in [5.74, 6) is 0.508. The highest BCUT2D eigenvalue weighted by atomic mass is 16.5. The van der Waals surface area contributed by atoms with Gasteiger partial charge in [-0.3, -0.25) is 9.59 Å². The van der Waals surface area contributed by atoms with Crippen LogP contribution >= 0.6 is 0 Å². The van der Waals surface area contributed by atoms with E-state index in [1.807, 2.05) is 62.4 Å². The number of nitrogens with one attached hydrogen (secondary N) is 2. The van der Waals surface area contributed by atoms with Gasteiger partial charge in [-0.05, 0) is 37.1 Å². The number of carbonyl (C=O) groups is 2. The third-order valence-corrected chi connectivity index (χ3v) is 3.95. The first-order valence-corrected chi connectivity index (χ1v) is 8.80. The summed E-state index contributed by atoms with van der Waals surface area (Å²) in [5, 5.41) is 5.76. The number of amides is 2. The molecule has 2 aromatic carbocycles. The highest BCUT2D eigenvalue weighted by Gasteiger charge is 2.17. The Morgan fingerprint density at radius 2 is 1.85 bits per heavy atom. The summed E-state index contributed by atoms with van der Waals surface area (Å²) in [4.78, 5) is 23.9. The molecular weight excluding hydrogens is 328 g/mol. The summed E-state index contributed by atoms with van der Waals surface area (Å²) in [6.07, 6.45) is 0.188. The van der Waals surface area contributed by atoms with Crippen molar-refractivity contribution in [1.29, 1.82) is 0 Å². The van der Waals surface area contributed by atoms with E-state index >= 15 is 0 Å². The number of ether oxygens (including phenoxy) is 1. The number of rotatable bonds is 8. The highest BCUT2D eigenvalue weighted by molar-refractivity contribution is 5.79. The largest absolute Gasteiger partial charge is 0.494 e. The van der Waals surface area contributed by atoms with E-state index in [2.05, 4.69) is 10.6 Å². The summed E-state index contributed by atoms with van der Waals surface area (Å²) >= 11 is 0. The minimum Gasteiger partial charge on any atom is -0.494 e. The Bertz CT molecular complexity index is 741. The van der Waals surface area contributed by atoms with E-state index in [9.17, 15) is 9.59 Å². The average molecular weight is 354 g/mol. The van der Waals surface area contributed by atoms with Crippen LogP contribution in [0.1, 0.15) is 43.0 Å². The zero-order chi connectivity index (χ0) is 18.9. The molecule has 0 aromatic heterocycles. The van der Waals surface area contributed by atoms with Gasteiger partial charge in [0.25, 0.3) is 0 Å². The van der Waals surface area contributed by atoms with Gasteiger partial charge in [0.15, 0.2) is 0 Å². The van der Waals surface area contributed by atoms with E-state index in [1.54, 1.807) is 0 Å². The van der Waals surface area contributed by atoms with Crippen molar-refractivity contribution in [1.82, 2.24) is 10.6 Å². The molecule has 0 aliphatic carbocycles. The lowest BCUT2D eigenvalue weighted by atomic mass is 10.0. The second-order valence-corrected chi connectivity index (χ2v) is 6.23. The quantitative estimate of drug-likeness (QED) is 0.764. The molecule has 0 fully saturated rings. The minimum atomic E-state index is -0.345. The summed E-state index contributed by atoms with van der Waals surface area (Å²) in [6.45, 7) is 6.41. The van der Waals surface area contributed by atoms with Gasteiger partial charge in [0, 0.05) is 13.5 Å². The Morgan fingerprint density at radius 3 is 2.50 bits per heavy atom. The molecule has 5 heteroatoms. The van der Waals surface area contributed by atoms with Gasteiger partial charge in [0.05, 0.1) is 19.1 Å². The lowest BCUT2D eigenvalue weighted by Crippen LogP contribution is -2.32. The number of carbonyl (C=O) groups excluding carboxylic acids is 2. The van der Waals surface area contributed by atoms with Crippen LogP contribution in [0.4, 0.5) is 0 Å². The Labute approximate surface area is 154 Å². The summed E-state index contributed by atoms with van der Waals surface area (Å²) in [5.41, 5.74) is 3.02. The highest BCUT2D eigenvalue weighted by Crippen LogP contribution is 2.18. The average Bonchev–Trinajstić information content (AvgIpc) is 2.60. The van der Waals surface area contributed by atoms with Crippen LogP contribution in [0, 0.1) is 6.92 Å². The number of hydrogen-bond donors (Lipinski definition) is 2. The van der Waals surface area contributed by atoms with Crippen molar-refractivity contribution in [3.8, 4) is 5.75 Å². The van der Waals surface area contributed by atoms with Gasteiger partial charge in [0.2, 0.25) is 11.8 Å². The third-order valence-electron chi connectivity index (χ3n) is 3.95. The minimum absolute atomic E-state index is 0.119. The van der Waals surface area contributed by atoms with Crippen molar-refractivity contribution < 1.29 is 14.3 Å². The second kappa shape index (κ2) is 9.61. The van der Waals surface area contributed by atoms with Crippen LogP contribution < -0.4 is 15.4 Å². The fourth-order valence-corrected chi connectivity index (χ4v) is 2.67. The molecule has 1 atom stereocenters. The molecule has 1 unspecified atom stereocenters. The van der Waals surface area contributed by atoms with Crippen LogP contribution in [0.2, 0.25) is 0 Å². The molecule has 2 aromatic rings. The first kappa shape index (κ1) is 19.5. The molecule has 0 radical (unpaired) electrons. The van der Waals surface area contributed by atoms with Gasteiger partial charge >= 0.3 is 0 Å². The predicted octanol–water partition coefficient (Wildman–Crippen LogP) is 3.28. The van der Waals surface area contributed by atoms with E-state index in [4.69, 9.17) is 4.74 Å². The van der Waals surface area contributed by atoms with Crippen LogP contribution in [-0.2, 0) is 16.1 Å². The summed E-state index contributed by atoms with van der Waals surface area (Å²) < 4.78 is 5.47. The van der Waals surface area contributed by atoms with Crippen LogP contribution in [0.15, 0.2) is 48.5 Å². The normalized spacial score (nSPS) is 11.5. The van der Waals surface area contributed by atoms with Gasteiger partial charge in [-0.2, -0.15) is 0 Å². The van der Waals surface area contributed by atoms with Gasteiger partial charge in [-0.25, -0.2) is 0 Å². The first-order chi connectivity index (χ1) is 12.5. The van der Waals surface area contributed by atoms with Gasteiger partial charge in [-0.1, -0.05) is 42.0 Å². The lowest BCUT2D eigenvalue weighted by Gasteiger charge is -2.18. The van der Waals surface area contributed by atoms with Crippen molar-refractivity contribution in [3.05, 3.63) is 65.2 Å². The fourth-order valence-electron chi connectivity index (χ4n) is 2.67. The molecule has 0 aliphatic heterocycles. The van der Waals surface area contributed by atoms with E-state index < -0.39 is 0 Å². The molecule has 2 amide bonds. The Hall–Kier alpha value is -2.82. The molecule has 0 saturated heterocycles. The second-order valence-electron chi connectivity index (χ2n) is 6.23. The molecule has 0 saturated carbocycles. The maximum absolute atomic E-state index is 12.4. The summed E-state index contributed by atoms with van der Waals surface area (Å²) in [6, 6.07) is 15.1. The van der Waals surface area contributed by atoms with Gasteiger partial charge in [0.1, 0.15) is 5.75 Å². The first-order valence-electron chi connectivity index (χ1n) is 8.80. The molecular formula is C21H26N2O3. The standard InChI is InChI=1S/C21H26N2O3/c1-4-26-19-7-5-6-17(12-19)14-22-21(25)13-20(23-16(3)24)18-10-8-15(2)9-11-18/h5-12,20H,4,13-14H2,1-3H3,(H,22,25)(H,23,24). The Kier molecular flexibility index (Phi) is 7.21. The van der Waals surface area contributed by atoms with Crippen molar-refractivity contribution in [3.63, 3.8) is 0 Å². The maximum atomic E-state index is 12.4.